The topological polar surface area (TPSA) is 57.6 Å². The molecule has 0 unspecified atom stereocenters. The largest absolute Gasteiger partial charge is 0.396 e. The van der Waals surface area contributed by atoms with Crippen LogP contribution in [0.2, 0.25) is 0 Å². The van der Waals surface area contributed by atoms with Gasteiger partial charge in [-0.3, -0.25) is 0 Å². The van der Waals surface area contributed by atoms with Gasteiger partial charge in [0.15, 0.2) is 9.84 Å². The number of para-hydroxylation sites is 1. The molecule has 17 heavy (non-hydrogen) atoms. The number of benzene rings is 1. The van der Waals surface area contributed by atoms with Crippen LogP contribution in [0.1, 0.15) is 13.3 Å². The van der Waals surface area contributed by atoms with E-state index < -0.39 is 9.84 Å². The molecule has 5 heteroatoms. The number of anilines is 1. The Hall–Kier alpha value is -1.07. The van der Waals surface area contributed by atoms with Crippen LogP contribution in [0.25, 0.3) is 0 Å². The smallest absolute Gasteiger partial charge is 0.177 e. The molecule has 1 aromatic rings. The molecule has 0 saturated carbocycles. The highest BCUT2D eigenvalue weighted by molar-refractivity contribution is 7.90. The summed E-state index contributed by atoms with van der Waals surface area (Å²) in [4.78, 5) is 2.31. The molecule has 1 rings (SSSR count). The Morgan fingerprint density at radius 3 is 2.47 bits per heavy atom. The molecule has 0 radical (unpaired) electrons. The second kappa shape index (κ2) is 6.02. The zero-order valence-electron chi connectivity index (χ0n) is 10.3. The highest BCUT2D eigenvalue weighted by Crippen LogP contribution is 2.24. The third-order valence-electron chi connectivity index (χ3n) is 2.57. The number of aliphatic hydroxyl groups is 1. The molecule has 96 valence electrons. The van der Waals surface area contributed by atoms with Gasteiger partial charge in [0.05, 0.1) is 10.6 Å². The van der Waals surface area contributed by atoms with Crippen LogP contribution < -0.4 is 4.90 Å². The molecule has 0 aliphatic rings. The van der Waals surface area contributed by atoms with Crippen molar-refractivity contribution in [1.29, 1.82) is 0 Å². The quantitative estimate of drug-likeness (QED) is 0.834. The van der Waals surface area contributed by atoms with Crippen molar-refractivity contribution in [3.8, 4) is 0 Å². The van der Waals surface area contributed by atoms with E-state index in [9.17, 15) is 8.42 Å². The molecule has 1 N–H and O–H groups in total. The van der Waals surface area contributed by atoms with E-state index in [4.69, 9.17) is 5.11 Å². The molecule has 4 nitrogen and oxygen atoms in total. The molecule has 0 aromatic heterocycles. The maximum absolute atomic E-state index is 11.7. The minimum absolute atomic E-state index is 0.109. The summed E-state index contributed by atoms with van der Waals surface area (Å²) >= 11 is 0. The molecular weight excluding hydrogens is 238 g/mol. The second-order valence-corrected chi connectivity index (χ2v) is 5.88. The maximum Gasteiger partial charge on any atom is 0.177 e. The van der Waals surface area contributed by atoms with Gasteiger partial charge in [0.25, 0.3) is 0 Å². The highest BCUT2D eigenvalue weighted by atomic mass is 32.2. The first-order valence-electron chi connectivity index (χ1n) is 5.65. The van der Waals surface area contributed by atoms with Gasteiger partial charge in [0, 0.05) is 26.0 Å². The van der Waals surface area contributed by atoms with E-state index in [1.807, 2.05) is 17.9 Å². The van der Waals surface area contributed by atoms with Crippen molar-refractivity contribution < 1.29 is 13.5 Å². The fourth-order valence-corrected chi connectivity index (χ4v) is 2.65. The Morgan fingerprint density at radius 2 is 1.94 bits per heavy atom. The summed E-state index contributed by atoms with van der Waals surface area (Å²) in [6, 6.07) is 6.97. The van der Waals surface area contributed by atoms with Crippen molar-refractivity contribution in [3.05, 3.63) is 24.3 Å². The Morgan fingerprint density at radius 1 is 1.29 bits per heavy atom. The van der Waals surface area contributed by atoms with Gasteiger partial charge >= 0.3 is 0 Å². The minimum atomic E-state index is -3.22. The van der Waals surface area contributed by atoms with Gasteiger partial charge in [-0.2, -0.15) is 0 Å². The van der Waals surface area contributed by atoms with E-state index >= 15 is 0 Å². The predicted molar refractivity (Wildman–Crippen MR) is 69.1 cm³/mol. The molecule has 0 aliphatic heterocycles. The lowest BCUT2D eigenvalue weighted by Gasteiger charge is -2.24. The van der Waals surface area contributed by atoms with Crippen molar-refractivity contribution in [2.24, 2.45) is 0 Å². The van der Waals surface area contributed by atoms with Gasteiger partial charge in [-0.25, -0.2) is 8.42 Å². The van der Waals surface area contributed by atoms with Crippen molar-refractivity contribution in [2.45, 2.75) is 18.2 Å². The number of sulfone groups is 1. The predicted octanol–water partition coefficient (Wildman–Crippen LogP) is 1.30. The monoisotopic (exact) mass is 257 g/mol. The van der Waals surface area contributed by atoms with Gasteiger partial charge < -0.3 is 10.0 Å². The SMILES string of the molecule is CCN(CCCO)c1ccccc1S(C)(=O)=O. The van der Waals surface area contributed by atoms with E-state index in [1.165, 1.54) is 6.26 Å². The summed E-state index contributed by atoms with van der Waals surface area (Å²) in [6.07, 6.45) is 1.84. The van der Waals surface area contributed by atoms with Crippen LogP contribution in [0.4, 0.5) is 5.69 Å². The molecule has 0 saturated heterocycles. The molecule has 0 aliphatic carbocycles. The Balaban J connectivity index is 3.11. The lowest BCUT2D eigenvalue weighted by molar-refractivity contribution is 0.289. The number of hydrogen-bond donors (Lipinski definition) is 1. The van der Waals surface area contributed by atoms with Gasteiger partial charge in [0.1, 0.15) is 0 Å². The molecule has 0 amide bonds. The molecule has 0 heterocycles. The molecular formula is C12H19NO3S. The summed E-state index contributed by atoms with van der Waals surface area (Å²) < 4.78 is 23.3. The van der Waals surface area contributed by atoms with Gasteiger partial charge in [-0.1, -0.05) is 12.1 Å². The van der Waals surface area contributed by atoms with E-state index in [1.54, 1.807) is 18.2 Å². The van der Waals surface area contributed by atoms with Crippen molar-refractivity contribution >= 4 is 15.5 Å². The fraction of sp³-hybridized carbons (Fsp3) is 0.500. The fourth-order valence-electron chi connectivity index (χ4n) is 1.74. The normalized spacial score (nSPS) is 11.5. The molecule has 0 fully saturated rings. The summed E-state index contributed by atoms with van der Waals surface area (Å²) in [7, 11) is -3.22. The zero-order valence-corrected chi connectivity index (χ0v) is 11.1. The Bertz CT molecular complexity index is 457. The Kier molecular flexibility index (Phi) is 4.96. The standard InChI is InChI=1S/C12H19NO3S/c1-3-13(9-6-10-14)11-7-4-5-8-12(11)17(2,15)16/h4-5,7-8,14H,3,6,9-10H2,1-2H3. The van der Waals surface area contributed by atoms with Crippen LogP contribution >= 0.6 is 0 Å². The first-order valence-corrected chi connectivity index (χ1v) is 7.54. The molecule has 0 bridgehead atoms. The third-order valence-corrected chi connectivity index (χ3v) is 3.72. The summed E-state index contributed by atoms with van der Waals surface area (Å²) in [5, 5.41) is 8.84. The van der Waals surface area contributed by atoms with Gasteiger partial charge in [-0.15, -0.1) is 0 Å². The first-order chi connectivity index (χ1) is 8.00. The van der Waals surface area contributed by atoms with Crippen LogP contribution in [0.15, 0.2) is 29.2 Å². The second-order valence-electron chi connectivity index (χ2n) is 3.90. The third kappa shape index (κ3) is 3.71. The molecule has 0 atom stereocenters. The van der Waals surface area contributed by atoms with Crippen molar-refractivity contribution in [3.63, 3.8) is 0 Å². The lowest BCUT2D eigenvalue weighted by atomic mass is 10.2. The first kappa shape index (κ1) is 14.0. The van der Waals surface area contributed by atoms with Crippen LogP contribution in [-0.2, 0) is 9.84 Å². The van der Waals surface area contributed by atoms with Crippen LogP contribution in [0, 0.1) is 0 Å². The van der Waals surface area contributed by atoms with Gasteiger partial charge in [-0.05, 0) is 25.5 Å². The zero-order chi connectivity index (χ0) is 12.9. The lowest BCUT2D eigenvalue weighted by Crippen LogP contribution is -2.26. The van der Waals surface area contributed by atoms with Crippen LogP contribution in [0.5, 0.6) is 0 Å². The van der Waals surface area contributed by atoms with Crippen molar-refractivity contribution in [1.82, 2.24) is 0 Å². The van der Waals surface area contributed by atoms with Crippen LogP contribution in [0.3, 0.4) is 0 Å². The van der Waals surface area contributed by atoms with E-state index in [-0.39, 0.29) is 6.61 Å². The van der Waals surface area contributed by atoms with Gasteiger partial charge in [0.2, 0.25) is 0 Å². The number of hydrogen-bond acceptors (Lipinski definition) is 4. The average Bonchev–Trinajstić information content (AvgIpc) is 2.29. The van der Waals surface area contributed by atoms with E-state index in [2.05, 4.69) is 0 Å². The molecule has 0 spiro atoms. The van der Waals surface area contributed by atoms with E-state index in [0.717, 1.165) is 0 Å². The number of nitrogens with zero attached hydrogens (tertiary/aromatic N) is 1. The highest BCUT2D eigenvalue weighted by Gasteiger charge is 2.16. The number of rotatable bonds is 6. The minimum Gasteiger partial charge on any atom is -0.396 e. The summed E-state index contributed by atoms with van der Waals surface area (Å²) in [5.74, 6) is 0. The molecule has 1 aromatic carbocycles. The van der Waals surface area contributed by atoms with Crippen molar-refractivity contribution in [2.75, 3.05) is 30.9 Å². The van der Waals surface area contributed by atoms with E-state index in [0.29, 0.717) is 30.1 Å². The summed E-state index contributed by atoms with van der Waals surface area (Å²) in [5.41, 5.74) is 0.714. The average molecular weight is 257 g/mol. The van der Waals surface area contributed by atoms with Crippen LogP contribution in [-0.4, -0.2) is 39.5 Å². The number of aliphatic hydroxyl groups excluding tert-OH is 1. The Labute approximate surface area is 103 Å². The summed E-state index contributed by atoms with van der Waals surface area (Å²) in [6.45, 7) is 3.44. The maximum atomic E-state index is 11.7.